The lowest BCUT2D eigenvalue weighted by Gasteiger charge is -2.26. The van der Waals surface area contributed by atoms with Crippen LogP contribution < -0.4 is 5.56 Å². The first-order valence-corrected chi connectivity index (χ1v) is 9.30. The average molecular weight is 365 g/mol. The molecule has 0 saturated heterocycles. The van der Waals surface area contributed by atoms with Crippen LogP contribution in [-0.2, 0) is 4.74 Å². The predicted molar refractivity (Wildman–Crippen MR) is 103 cm³/mol. The monoisotopic (exact) mass is 365 g/mol. The Morgan fingerprint density at radius 1 is 1.19 bits per heavy atom. The Morgan fingerprint density at radius 3 is 2.78 bits per heavy atom. The van der Waals surface area contributed by atoms with E-state index in [0.717, 1.165) is 47.9 Å². The van der Waals surface area contributed by atoms with Crippen molar-refractivity contribution in [1.29, 1.82) is 0 Å². The van der Waals surface area contributed by atoms with Crippen molar-refractivity contribution < 1.29 is 9.13 Å². The van der Waals surface area contributed by atoms with Crippen LogP contribution in [0.5, 0.6) is 0 Å². The van der Waals surface area contributed by atoms with Crippen LogP contribution in [0.1, 0.15) is 37.3 Å². The number of halogens is 1. The molecule has 3 aromatic heterocycles. The molecule has 3 heterocycles. The fraction of sp³-hybridized carbons (Fsp3) is 0.333. The van der Waals surface area contributed by atoms with E-state index >= 15 is 0 Å². The predicted octanol–water partition coefficient (Wildman–Crippen LogP) is 4.14. The maximum Gasteiger partial charge on any atom is 0.257 e. The molecule has 138 valence electrons. The van der Waals surface area contributed by atoms with Crippen LogP contribution in [0.4, 0.5) is 4.39 Å². The third kappa shape index (κ3) is 2.55. The molecule has 5 rings (SSSR count). The summed E-state index contributed by atoms with van der Waals surface area (Å²) in [7, 11) is 1.77. The largest absolute Gasteiger partial charge is 0.381 e. The zero-order valence-corrected chi connectivity index (χ0v) is 15.0. The van der Waals surface area contributed by atoms with Crippen molar-refractivity contribution in [2.75, 3.05) is 7.11 Å². The molecule has 0 radical (unpaired) electrons. The first-order valence-electron chi connectivity index (χ1n) is 9.30. The van der Waals surface area contributed by atoms with Crippen LogP contribution in [0.3, 0.4) is 0 Å². The van der Waals surface area contributed by atoms with Gasteiger partial charge in [0.2, 0.25) is 0 Å². The molecule has 0 aliphatic heterocycles. The molecule has 1 N–H and O–H groups in total. The van der Waals surface area contributed by atoms with E-state index in [1.54, 1.807) is 19.4 Å². The maximum atomic E-state index is 13.9. The number of hydrogen-bond donors (Lipinski definition) is 1. The van der Waals surface area contributed by atoms with E-state index < -0.39 is 0 Å². The molecule has 5 nitrogen and oxygen atoms in total. The molecule has 0 spiro atoms. The van der Waals surface area contributed by atoms with Crippen molar-refractivity contribution in [3.63, 3.8) is 0 Å². The normalized spacial score (nSPS) is 20.7. The van der Waals surface area contributed by atoms with Gasteiger partial charge in [-0.05, 0) is 49.9 Å². The first kappa shape index (κ1) is 16.4. The lowest BCUT2D eigenvalue weighted by Crippen LogP contribution is -2.19. The number of H-pyrrole nitrogens is 1. The van der Waals surface area contributed by atoms with E-state index in [-0.39, 0.29) is 11.4 Å². The van der Waals surface area contributed by atoms with Gasteiger partial charge in [-0.1, -0.05) is 0 Å². The molecule has 0 bridgehead atoms. The summed E-state index contributed by atoms with van der Waals surface area (Å²) in [5, 5.41) is 1.88. The molecular formula is C21H20FN3O2. The van der Waals surface area contributed by atoms with Crippen molar-refractivity contribution >= 4 is 27.3 Å². The Balaban J connectivity index is 1.77. The summed E-state index contributed by atoms with van der Waals surface area (Å²) in [5.74, 6) is 0.0184. The Labute approximate surface area is 154 Å². The lowest BCUT2D eigenvalue weighted by molar-refractivity contribution is 0.0655. The van der Waals surface area contributed by atoms with Gasteiger partial charge >= 0.3 is 0 Å². The summed E-state index contributed by atoms with van der Waals surface area (Å²) in [6.45, 7) is 0. The summed E-state index contributed by atoms with van der Waals surface area (Å²) in [4.78, 5) is 20.1. The van der Waals surface area contributed by atoms with Crippen molar-refractivity contribution in [2.45, 2.75) is 37.7 Å². The van der Waals surface area contributed by atoms with Gasteiger partial charge in [0.25, 0.3) is 5.56 Å². The van der Waals surface area contributed by atoms with E-state index in [4.69, 9.17) is 9.72 Å². The molecule has 1 saturated carbocycles. The molecule has 0 atom stereocenters. The number of aromatic nitrogens is 3. The number of ether oxygens (including phenoxy) is 1. The smallest absolute Gasteiger partial charge is 0.257 e. The molecule has 0 amide bonds. The van der Waals surface area contributed by atoms with Crippen LogP contribution in [0.15, 0.2) is 41.5 Å². The third-order valence-corrected chi connectivity index (χ3v) is 5.84. The highest BCUT2D eigenvalue weighted by atomic mass is 19.1. The molecule has 4 aromatic rings. The fourth-order valence-corrected chi connectivity index (χ4v) is 4.41. The number of rotatable bonds is 2. The molecule has 1 aliphatic rings. The molecule has 1 aliphatic carbocycles. The molecule has 6 heteroatoms. The van der Waals surface area contributed by atoms with Gasteiger partial charge < -0.3 is 9.72 Å². The zero-order chi connectivity index (χ0) is 18.5. The van der Waals surface area contributed by atoms with Gasteiger partial charge in [-0.25, -0.2) is 9.37 Å². The molecular weight excluding hydrogens is 345 g/mol. The minimum atomic E-state index is -0.360. The van der Waals surface area contributed by atoms with Crippen molar-refractivity contribution in [2.24, 2.45) is 0 Å². The van der Waals surface area contributed by atoms with Crippen LogP contribution >= 0.6 is 0 Å². The second-order valence-electron chi connectivity index (χ2n) is 7.33. The number of methoxy groups -OCH3 is 1. The molecule has 0 unspecified atom stereocenters. The highest BCUT2D eigenvalue weighted by molar-refractivity contribution is 6.11. The molecule has 27 heavy (non-hydrogen) atoms. The lowest BCUT2D eigenvalue weighted by atomic mass is 9.85. The van der Waals surface area contributed by atoms with Crippen LogP contribution in [0, 0.1) is 5.82 Å². The number of benzene rings is 1. The third-order valence-electron chi connectivity index (χ3n) is 5.84. The number of nitrogens with zero attached hydrogens (tertiary/aromatic N) is 2. The Hall–Kier alpha value is -2.73. The van der Waals surface area contributed by atoms with Gasteiger partial charge in [0.05, 0.1) is 22.7 Å². The van der Waals surface area contributed by atoms with E-state index in [1.807, 2.05) is 16.7 Å². The quantitative estimate of drug-likeness (QED) is 0.543. The number of hydrogen-bond acceptors (Lipinski definition) is 3. The van der Waals surface area contributed by atoms with Gasteiger partial charge in [-0.2, -0.15) is 0 Å². The van der Waals surface area contributed by atoms with Gasteiger partial charge in [-0.15, -0.1) is 0 Å². The fourth-order valence-electron chi connectivity index (χ4n) is 4.41. The number of nitrogens with one attached hydrogen (secondary N) is 1. The van der Waals surface area contributed by atoms with Crippen LogP contribution in [0.2, 0.25) is 0 Å². The number of pyridine rings is 2. The standard InChI is InChI=1S/C21H20FN3O2/c1-27-14-5-2-12(3-6-14)17-11-25-18-8-9-23-21(26)19(18)16-10-13(22)4-7-15(16)20(25)24-17/h4,7-12,14H,2-3,5-6H2,1H3,(H,23,26). The minimum Gasteiger partial charge on any atom is -0.381 e. The highest BCUT2D eigenvalue weighted by Gasteiger charge is 2.25. The number of imidazole rings is 1. The summed E-state index contributed by atoms with van der Waals surface area (Å²) >= 11 is 0. The van der Waals surface area contributed by atoms with Gasteiger partial charge in [0, 0.05) is 36.2 Å². The van der Waals surface area contributed by atoms with E-state index in [9.17, 15) is 9.18 Å². The van der Waals surface area contributed by atoms with Crippen molar-refractivity contribution in [1.82, 2.24) is 14.4 Å². The number of fused-ring (bicyclic) bond motifs is 6. The first-order chi connectivity index (χ1) is 13.2. The SMILES string of the molecule is COC1CCC(c2cn3c4cc[nH]c(=O)c4c4cc(F)ccc4c3n2)CC1. The number of aromatic amines is 1. The second-order valence-corrected chi connectivity index (χ2v) is 7.33. The second kappa shape index (κ2) is 6.16. The van der Waals surface area contributed by atoms with E-state index in [0.29, 0.717) is 22.8 Å². The summed E-state index contributed by atoms with van der Waals surface area (Å²) in [6, 6.07) is 6.40. The minimum absolute atomic E-state index is 0.221. The van der Waals surface area contributed by atoms with E-state index in [1.165, 1.54) is 12.1 Å². The average Bonchev–Trinajstić information content (AvgIpc) is 3.13. The Kier molecular flexibility index (Phi) is 3.75. The van der Waals surface area contributed by atoms with Gasteiger partial charge in [0.15, 0.2) is 0 Å². The highest BCUT2D eigenvalue weighted by Crippen LogP contribution is 2.35. The van der Waals surface area contributed by atoms with Gasteiger partial charge in [0.1, 0.15) is 11.5 Å². The molecule has 1 aromatic carbocycles. The summed E-state index contributed by atoms with van der Waals surface area (Å²) in [6.07, 6.45) is 8.13. The van der Waals surface area contributed by atoms with Crippen molar-refractivity contribution in [3.8, 4) is 0 Å². The van der Waals surface area contributed by atoms with Crippen LogP contribution in [0.25, 0.3) is 27.3 Å². The summed E-state index contributed by atoms with van der Waals surface area (Å²) < 4.78 is 21.4. The van der Waals surface area contributed by atoms with Crippen LogP contribution in [-0.4, -0.2) is 27.6 Å². The van der Waals surface area contributed by atoms with Gasteiger partial charge in [-0.3, -0.25) is 9.20 Å². The summed E-state index contributed by atoms with van der Waals surface area (Å²) in [5.41, 5.74) is 2.33. The van der Waals surface area contributed by atoms with E-state index in [2.05, 4.69) is 4.98 Å². The van der Waals surface area contributed by atoms with Crippen molar-refractivity contribution in [3.05, 3.63) is 58.5 Å². The topological polar surface area (TPSA) is 59.4 Å². The Morgan fingerprint density at radius 2 is 2.00 bits per heavy atom. The molecule has 1 fully saturated rings. The maximum absolute atomic E-state index is 13.9. The Bertz CT molecular complexity index is 1220. The zero-order valence-electron chi connectivity index (χ0n) is 15.0.